The van der Waals surface area contributed by atoms with Crippen LogP contribution in [0, 0.1) is 6.92 Å². The van der Waals surface area contributed by atoms with Crippen LogP contribution in [-0.4, -0.2) is 67.8 Å². The van der Waals surface area contributed by atoms with Crippen LogP contribution in [0.5, 0.6) is 0 Å². The Balaban J connectivity index is 0.00000306. The minimum Gasteiger partial charge on any atom is -0.345 e. The van der Waals surface area contributed by atoms with E-state index in [0.717, 1.165) is 4.31 Å². The number of hydrogen-bond donors (Lipinski definition) is 1. The van der Waals surface area contributed by atoms with Gasteiger partial charge in [0.1, 0.15) is 10.7 Å². The SMILES string of the molecule is Cc1c(-c2cncc(S(=O)(=O)N(C)C)c2)c2cc(C(=O)N(C)C)ccc2n1CC(F)=CCN.Cl.Cl. The fraction of sp³-hybridized carbons (Fsp3) is 0.304. The highest BCUT2D eigenvalue weighted by atomic mass is 35.5. The molecule has 0 saturated carbocycles. The average Bonchev–Trinajstić information content (AvgIpc) is 3.03. The van der Waals surface area contributed by atoms with Crippen molar-refractivity contribution in [3.05, 3.63) is 59.8 Å². The lowest BCUT2D eigenvalue weighted by molar-refractivity contribution is 0.0827. The molecule has 0 spiro atoms. The van der Waals surface area contributed by atoms with Crippen molar-refractivity contribution in [2.24, 2.45) is 5.73 Å². The highest BCUT2D eigenvalue weighted by molar-refractivity contribution is 7.89. The molecule has 0 fully saturated rings. The van der Waals surface area contributed by atoms with Gasteiger partial charge in [0.2, 0.25) is 10.0 Å². The number of amides is 1. The van der Waals surface area contributed by atoms with Gasteiger partial charge in [0.15, 0.2) is 0 Å². The third kappa shape index (κ3) is 6.02. The Morgan fingerprint density at radius 1 is 1.14 bits per heavy atom. The minimum absolute atomic E-state index is 0. The highest BCUT2D eigenvalue weighted by Crippen LogP contribution is 2.36. The Labute approximate surface area is 217 Å². The van der Waals surface area contributed by atoms with Crippen LogP contribution in [0.2, 0.25) is 0 Å². The number of carbonyl (C=O) groups excluding carboxylic acids is 1. The molecule has 0 bridgehead atoms. The number of benzene rings is 1. The van der Waals surface area contributed by atoms with Crippen LogP contribution in [0.15, 0.2) is 53.5 Å². The van der Waals surface area contributed by atoms with Gasteiger partial charge in [-0.2, -0.15) is 0 Å². The molecule has 3 aromatic rings. The van der Waals surface area contributed by atoms with E-state index in [9.17, 15) is 17.6 Å². The molecule has 0 unspecified atom stereocenters. The number of nitrogens with zero attached hydrogens (tertiary/aromatic N) is 4. The Morgan fingerprint density at radius 3 is 2.37 bits per heavy atom. The van der Waals surface area contributed by atoms with Crippen molar-refractivity contribution in [1.82, 2.24) is 18.8 Å². The topological polar surface area (TPSA) is 102 Å². The van der Waals surface area contributed by atoms with Gasteiger partial charge in [-0.25, -0.2) is 17.1 Å². The monoisotopic (exact) mass is 545 g/mol. The molecule has 2 heterocycles. The molecule has 0 radical (unpaired) electrons. The second-order valence-corrected chi connectivity index (χ2v) is 10.2. The molecule has 1 amide bonds. The summed E-state index contributed by atoms with van der Waals surface area (Å²) in [6.45, 7) is 1.86. The van der Waals surface area contributed by atoms with E-state index in [1.54, 1.807) is 49.1 Å². The number of allylic oxidation sites excluding steroid dienone is 1. The first-order chi connectivity index (χ1) is 15.5. The molecular formula is C23H30Cl2FN5O3S. The summed E-state index contributed by atoms with van der Waals surface area (Å²) in [6.07, 6.45) is 4.16. The first kappa shape index (κ1) is 30.5. The standard InChI is InChI=1S/C23H28FN5O3S.2ClH/c1-15-22(17-10-19(13-26-12-17)33(31,32)28(4)5)20-11-16(23(30)27(2)3)6-7-21(20)29(15)14-18(24)8-9-25;;/h6-8,10-13H,9,14,25H2,1-5H3;2*1H. The number of halogens is 3. The van der Waals surface area contributed by atoms with Crippen LogP contribution in [0.4, 0.5) is 4.39 Å². The Kier molecular flexibility index (Phi) is 10.4. The normalized spacial score (nSPS) is 11.8. The van der Waals surface area contributed by atoms with E-state index in [0.29, 0.717) is 33.3 Å². The number of carbonyl (C=O) groups is 1. The van der Waals surface area contributed by atoms with Crippen LogP contribution in [0.3, 0.4) is 0 Å². The number of rotatable bonds is 7. The number of sulfonamides is 1. The van der Waals surface area contributed by atoms with E-state index in [1.807, 2.05) is 6.92 Å². The molecule has 1 aromatic carbocycles. The molecule has 12 heteroatoms. The zero-order valence-electron chi connectivity index (χ0n) is 20.1. The lowest BCUT2D eigenvalue weighted by atomic mass is 10.0. The second-order valence-electron chi connectivity index (χ2n) is 8.06. The summed E-state index contributed by atoms with van der Waals surface area (Å²) >= 11 is 0. The van der Waals surface area contributed by atoms with Gasteiger partial charge in [0.25, 0.3) is 5.91 Å². The molecule has 2 aromatic heterocycles. The maximum absolute atomic E-state index is 14.4. The molecule has 0 aliphatic heterocycles. The van der Waals surface area contributed by atoms with Gasteiger partial charge in [0.05, 0.1) is 6.54 Å². The first-order valence-electron chi connectivity index (χ1n) is 10.3. The van der Waals surface area contributed by atoms with Gasteiger partial charge in [0, 0.05) is 80.4 Å². The third-order valence-electron chi connectivity index (χ3n) is 5.41. The lowest BCUT2D eigenvalue weighted by Crippen LogP contribution is -2.22. The average molecular weight is 546 g/mol. The lowest BCUT2D eigenvalue weighted by Gasteiger charge is -2.12. The number of pyridine rings is 1. The van der Waals surface area contributed by atoms with E-state index in [1.165, 1.54) is 31.3 Å². The van der Waals surface area contributed by atoms with E-state index >= 15 is 0 Å². The fourth-order valence-corrected chi connectivity index (χ4v) is 4.58. The molecule has 3 rings (SSSR count). The molecule has 35 heavy (non-hydrogen) atoms. The van der Waals surface area contributed by atoms with Crippen molar-refractivity contribution >= 4 is 51.6 Å². The Hall–Kier alpha value is -2.50. The first-order valence-corrected chi connectivity index (χ1v) is 11.7. The minimum atomic E-state index is -3.71. The van der Waals surface area contributed by atoms with Gasteiger partial charge in [-0.1, -0.05) is 0 Å². The smallest absolute Gasteiger partial charge is 0.253 e. The summed E-state index contributed by atoms with van der Waals surface area (Å²) in [6, 6.07) is 6.75. The fourth-order valence-electron chi connectivity index (χ4n) is 3.69. The number of hydrogen-bond acceptors (Lipinski definition) is 5. The predicted molar refractivity (Wildman–Crippen MR) is 142 cm³/mol. The van der Waals surface area contributed by atoms with Crippen LogP contribution >= 0.6 is 24.8 Å². The largest absolute Gasteiger partial charge is 0.345 e. The van der Waals surface area contributed by atoms with Gasteiger partial charge in [-0.3, -0.25) is 9.78 Å². The Morgan fingerprint density at radius 2 is 1.80 bits per heavy atom. The van der Waals surface area contributed by atoms with Crippen LogP contribution < -0.4 is 5.73 Å². The summed E-state index contributed by atoms with van der Waals surface area (Å²) in [5.41, 5.74) is 8.58. The molecule has 0 atom stereocenters. The van der Waals surface area contributed by atoms with E-state index in [2.05, 4.69) is 4.98 Å². The third-order valence-corrected chi connectivity index (χ3v) is 7.19. The van der Waals surface area contributed by atoms with Crippen LogP contribution in [0.25, 0.3) is 22.0 Å². The molecule has 0 aliphatic rings. The molecule has 0 aliphatic carbocycles. The molecule has 0 saturated heterocycles. The molecular weight excluding hydrogens is 516 g/mol. The van der Waals surface area contributed by atoms with Crippen molar-refractivity contribution in [2.45, 2.75) is 18.4 Å². The summed E-state index contributed by atoms with van der Waals surface area (Å²) in [7, 11) is 2.52. The Bertz CT molecular complexity index is 1350. The van der Waals surface area contributed by atoms with Crippen molar-refractivity contribution in [2.75, 3.05) is 34.7 Å². The number of fused-ring (bicyclic) bond motifs is 1. The van der Waals surface area contributed by atoms with Gasteiger partial charge < -0.3 is 15.2 Å². The maximum Gasteiger partial charge on any atom is 0.253 e. The zero-order chi connectivity index (χ0) is 24.5. The second kappa shape index (κ2) is 12.0. The van der Waals surface area contributed by atoms with Crippen molar-refractivity contribution in [3.8, 4) is 11.1 Å². The highest BCUT2D eigenvalue weighted by Gasteiger charge is 2.22. The zero-order valence-corrected chi connectivity index (χ0v) is 22.6. The van der Waals surface area contributed by atoms with E-state index < -0.39 is 10.0 Å². The van der Waals surface area contributed by atoms with Gasteiger partial charge in [-0.15, -0.1) is 24.8 Å². The van der Waals surface area contributed by atoms with Gasteiger partial charge in [-0.05, 0) is 37.3 Å². The van der Waals surface area contributed by atoms with Crippen LogP contribution in [0.1, 0.15) is 16.1 Å². The molecule has 8 nitrogen and oxygen atoms in total. The van der Waals surface area contributed by atoms with Crippen molar-refractivity contribution < 1.29 is 17.6 Å². The van der Waals surface area contributed by atoms with E-state index in [4.69, 9.17) is 5.73 Å². The summed E-state index contributed by atoms with van der Waals surface area (Å²) < 4.78 is 42.7. The number of nitrogens with two attached hydrogens (primary N) is 1. The number of aromatic nitrogens is 2. The predicted octanol–water partition coefficient (Wildman–Crippen LogP) is 3.62. The van der Waals surface area contributed by atoms with E-state index in [-0.39, 0.29) is 54.5 Å². The summed E-state index contributed by atoms with van der Waals surface area (Å²) in [4.78, 5) is 18.3. The summed E-state index contributed by atoms with van der Waals surface area (Å²) in [5, 5.41) is 0.696. The molecule has 192 valence electrons. The summed E-state index contributed by atoms with van der Waals surface area (Å²) in [5.74, 6) is -0.566. The molecule has 2 N–H and O–H groups in total. The maximum atomic E-state index is 14.4. The van der Waals surface area contributed by atoms with Crippen molar-refractivity contribution in [3.63, 3.8) is 0 Å². The van der Waals surface area contributed by atoms with Crippen molar-refractivity contribution in [1.29, 1.82) is 0 Å². The van der Waals surface area contributed by atoms with Gasteiger partial charge >= 0.3 is 0 Å². The quantitative estimate of drug-likeness (QED) is 0.488. The van der Waals surface area contributed by atoms with Crippen LogP contribution in [-0.2, 0) is 16.6 Å².